The van der Waals surface area contributed by atoms with Gasteiger partial charge in [-0.25, -0.2) is 15.3 Å². The molecule has 2 aliphatic heterocycles. The molecule has 1 aromatic heterocycles. The highest BCUT2D eigenvalue weighted by Gasteiger charge is 2.49. The van der Waals surface area contributed by atoms with Crippen LogP contribution >= 0.6 is 0 Å². The van der Waals surface area contributed by atoms with Gasteiger partial charge < -0.3 is 9.88 Å². The van der Waals surface area contributed by atoms with Gasteiger partial charge in [0.25, 0.3) is 5.91 Å². The van der Waals surface area contributed by atoms with Gasteiger partial charge in [0.2, 0.25) is 0 Å². The number of carbonyl (C=O) groups is 2. The molecule has 13 heteroatoms. The van der Waals surface area contributed by atoms with E-state index in [0.717, 1.165) is 0 Å². The molecule has 0 saturated carbocycles. The number of amides is 3. The molecule has 2 fully saturated rings. The number of fused-ring (bicyclic) bond motifs is 2. The number of hydrogen-bond acceptors (Lipinski definition) is 7. The molecule has 1 unspecified atom stereocenters. The Balaban J connectivity index is 1.58. The average Bonchev–Trinajstić information content (AvgIpc) is 3.10. The number of aromatic amines is 1. The normalized spacial score (nSPS) is 23.6. The molecule has 0 spiro atoms. The van der Waals surface area contributed by atoms with Crippen molar-refractivity contribution in [3.8, 4) is 0 Å². The molecule has 3 amide bonds. The smallest absolute Gasteiger partial charge is 0.346 e. The van der Waals surface area contributed by atoms with Gasteiger partial charge in [-0.3, -0.25) is 14.2 Å². The van der Waals surface area contributed by atoms with E-state index in [2.05, 4.69) is 19.7 Å². The topological polar surface area (TPSA) is 154 Å². The monoisotopic (exact) mass is 361 g/mol. The molecule has 132 valence electrons. The summed E-state index contributed by atoms with van der Waals surface area (Å²) in [5.74, 6) is -0.532. The van der Waals surface area contributed by atoms with Crippen LogP contribution in [0.1, 0.15) is 18.5 Å². The Kier molecular flexibility index (Phi) is 4.40. The summed E-state index contributed by atoms with van der Waals surface area (Å²) in [6.45, 7) is 0.194. The van der Waals surface area contributed by atoms with Gasteiger partial charge in [-0.2, -0.15) is 13.5 Å². The van der Waals surface area contributed by atoms with Crippen molar-refractivity contribution in [1.82, 2.24) is 25.4 Å². The highest BCUT2D eigenvalue weighted by molar-refractivity contribution is 7.80. The van der Waals surface area contributed by atoms with Crippen molar-refractivity contribution in [2.75, 3.05) is 6.54 Å². The van der Waals surface area contributed by atoms with Crippen LogP contribution in [-0.2, 0) is 30.9 Å². The molecule has 0 radical (unpaired) electrons. The molecule has 12 nitrogen and oxygen atoms in total. The third kappa shape index (κ3) is 3.48. The van der Waals surface area contributed by atoms with Crippen LogP contribution in [0.2, 0.25) is 0 Å². The van der Waals surface area contributed by atoms with Gasteiger partial charge in [-0.05, 0) is 12.8 Å². The lowest BCUT2D eigenvalue weighted by Crippen LogP contribution is -2.49. The van der Waals surface area contributed by atoms with E-state index in [1.165, 1.54) is 17.4 Å². The van der Waals surface area contributed by atoms with E-state index in [-0.39, 0.29) is 13.2 Å². The second-order valence-corrected chi connectivity index (χ2v) is 6.35. The van der Waals surface area contributed by atoms with Crippen molar-refractivity contribution >= 4 is 22.3 Å². The summed E-state index contributed by atoms with van der Waals surface area (Å²) < 4.78 is 34.6. The maximum atomic E-state index is 12.2. The number of nitrogens with one attached hydrogen (secondary N) is 2. The number of hydrogen-bond donors (Lipinski definition) is 3. The second-order valence-electron chi connectivity index (χ2n) is 5.34. The van der Waals surface area contributed by atoms with Crippen LogP contribution in [0.5, 0.6) is 0 Å². The zero-order valence-electron chi connectivity index (χ0n) is 12.3. The number of piperidine rings is 1. The third-order valence-corrected chi connectivity index (χ3v) is 4.10. The van der Waals surface area contributed by atoms with Crippen molar-refractivity contribution in [2.45, 2.75) is 31.5 Å². The third-order valence-electron chi connectivity index (χ3n) is 3.76. The van der Waals surface area contributed by atoms with Gasteiger partial charge in [0.05, 0.1) is 24.3 Å². The van der Waals surface area contributed by atoms with Crippen LogP contribution in [-0.4, -0.2) is 63.5 Å². The van der Waals surface area contributed by atoms with E-state index in [1.54, 1.807) is 0 Å². The molecule has 3 N–H and O–H groups in total. The number of H-pyrrole nitrogens is 1. The number of carbonyl (C=O) groups excluding carboxylic acids is 2. The van der Waals surface area contributed by atoms with E-state index >= 15 is 0 Å². The maximum Gasteiger partial charge on any atom is 0.418 e. The Labute approximate surface area is 136 Å². The number of urea groups is 1. The fraction of sp³-hybridized carbons (Fsp3) is 0.545. The molecule has 1 aromatic rings. The van der Waals surface area contributed by atoms with Crippen LogP contribution in [0.25, 0.3) is 0 Å². The van der Waals surface area contributed by atoms with Gasteiger partial charge >= 0.3 is 16.4 Å². The van der Waals surface area contributed by atoms with Crippen LogP contribution in [0, 0.1) is 0 Å². The molecule has 2 aliphatic rings. The van der Waals surface area contributed by atoms with Gasteiger partial charge in [0, 0.05) is 6.54 Å². The number of imidazole rings is 1. The highest BCUT2D eigenvalue weighted by Crippen LogP contribution is 2.30. The van der Waals surface area contributed by atoms with Crippen LogP contribution in [0.15, 0.2) is 12.5 Å². The quantitative estimate of drug-likeness (QED) is 0.429. The number of hydroxylamine groups is 3. The average molecular weight is 361 g/mol. The van der Waals surface area contributed by atoms with E-state index in [9.17, 15) is 18.0 Å². The van der Waals surface area contributed by atoms with E-state index < -0.39 is 34.4 Å². The van der Waals surface area contributed by atoms with Gasteiger partial charge in [-0.15, -0.1) is 4.28 Å². The van der Waals surface area contributed by atoms with Crippen LogP contribution in [0.3, 0.4) is 0 Å². The van der Waals surface area contributed by atoms with E-state index in [1.807, 2.05) is 0 Å². The van der Waals surface area contributed by atoms with E-state index in [4.69, 9.17) is 9.39 Å². The zero-order valence-corrected chi connectivity index (χ0v) is 13.1. The van der Waals surface area contributed by atoms with Gasteiger partial charge in [-0.1, -0.05) is 0 Å². The van der Waals surface area contributed by atoms with Crippen molar-refractivity contribution in [3.63, 3.8) is 0 Å². The highest BCUT2D eigenvalue weighted by atomic mass is 32.3. The molecule has 3 heterocycles. The Morgan fingerprint density at radius 3 is 2.96 bits per heavy atom. The maximum absolute atomic E-state index is 12.2. The van der Waals surface area contributed by atoms with Crippen LogP contribution in [0.4, 0.5) is 4.79 Å². The minimum Gasteiger partial charge on any atom is -0.346 e. The minimum absolute atomic E-state index is 0.0764. The van der Waals surface area contributed by atoms with Gasteiger partial charge in [0.1, 0.15) is 12.6 Å². The van der Waals surface area contributed by atoms with E-state index in [0.29, 0.717) is 23.6 Å². The van der Waals surface area contributed by atoms with Crippen molar-refractivity contribution < 1.29 is 31.7 Å². The molecule has 2 atom stereocenters. The second kappa shape index (κ2) is 6.35. The summed E-state index contributed by atoms with van der Waals surface area (Å²) in [6.07, 6.45) is 3.65. The largest absolute Gasteiger partial charge is 0.418 e. The molecule has 0 aliphatic carbocycles. The Morgan fingerprint density at radius 2 is 2.29 bits per heavy atom. The molecule has 3 rings (SSSR count). The first kappa shape index (κ1) is 16.6. The summed E-state index contributed by atoms with van der Waals surface area (Å²) in [5.41, 5.74) is 2.91. The fourth-order valence-corrected chi connectivity index (χ4v) is 3.11. The van der Waals surface area contributed by atoms with Crippen molar-refractivity contribution in [1.29, 1.82) is 0 Å². The zero-order chi connectivity index (χ0) is 17.3. The standard InChI is InChI=1S/C11H15N5O7S/c17-10(14-22-5-7-3-12-6-13-7)9-2-1-8-4-15(9)11(18)16(8)23-24(19,20)21/h3,6,8-9H,1-2,4-5H2,(H,12,13)(H,14,17)(H,19,20,21)/t8?,9-/m0/s1. The summed E-state index contributed by atoms with van der Waals surface area (Å²) in [5, 5.41) is 0.577. The first-order valence-electron chi connectivity index (χ1n) is 7.01. The number of nitrogens with zero attached hydrogens (tertiary/aromatic N) is 3. The lowest BCUT2D eigenvalue weighted by Gasteiger charge is -2.28. The summed E-state index contributed by atoms with van der Waals surface area (Å²) >= 11 is 0. The number of aromatic nitrogens is 2. The number of rotatable bonds is 6. The summed E-state index contributed by atoms with van der Waals surface area (Å²) in [7, 11) is -4.81. The fourth-order valence-electron chi connectivity index (χ4n) is 2.72. The predicted octanol–water partition coefficient (Wildman–Crippen LogP) is -1.04. The molecule has 2 saturated heterocycles. The van der Waals surface area contributed by atoms with Crippen molar-refractivity contribution in [3.05, 3.63) is 18.2 Å². The Hall–Kier alpha value is -2.22. The lowest BCUT2D eigenvalue weighted by molar-refractivity contribution is -0.140. The first-order chi connectivity index (χ1) is 11.3. The molecule has 2 bridgehead atoms. The van der Waals surface area contributed by atoms with Crippen LogP contribution < -0.4 is 5.48 Å². The molecular formula is C11H15N5O7S. The first-order valence-corrected chi connectivity index (χ1v) is 8.37. The SMILES string of the molecule is O=C(NOCc1cnc[nH]1)[C@@H]1CCC2CN1C(=O)N2OS(=O)(=O)O. The lowest BCUT2D eigenvalue weighted by atomic mass is 10.0. The molecular weight excluding hydrogens is 346 g/mol. The van der Waals surface area contributed by atoms with Gasteiger partial charge in [0.15, 0.2) is 0 Å². The summed E-state index contributed by atoms with van der Waals surface area (Å²) in [6, 6.07) is -2.16. The summed E-state index contributed by atoms with van der Waals surface area (Å²) in [4.78, 5) is 37.1. The Morgan fingerprint density at radius 1 is 1.50 bits per heavy atom. The molecule has 0 aromatic carbocycles. The van der Waals surface area contributed by atoms with Crippen molar-refractivity contribution in [2.24, 2.45) is 0 Å². The Bertz CT molecular complexity index is 721. The molecule has 24 heavy (non-hydrogen) atoms. The minimum atomic E-state index is -4.81. The predicted molar refractivity (Wildman–Crippen MR) is 74.9 cm³/mol.